The lowest BCUT2D eigenvalue weighted by molar-refractivity contribution is 0.0946. The molecule has 1 aromatic carbocycles. The van der Waals surface area contributed by atoms with Crippen LogP contribution in [0.5, 0.6) is 5.75 Å². The minimum atomic E-state index is -0.960. The van der Waals surface area contributed by atoms with Gasteiger partial charge in [0.2, 0.25) is 0 Å². The van der Waals surface area contributed by atoms with Crippen molar-refractivity contribution in [2.75, 3.05) is 25.5 Å². The number of rotatable bonds is 4. The van der Waals surface area contributed by atoms with Gasteiger partial charge in [-0.25, -0.2) is 9.18 Å². The lowest BCUT2D eigenvalue weighted by atomic mass is 10.0. The van der Waals surface area contributed by atoms with Crippen LogP contribution in [0.25, 0.3) is 11.3 Å². The van der Waals surface area contributed by atoms with Gasteiger partial charge in [-0.05, 0) is 42.9 Å². The van der Waals surface area contributed by atoms with Crippen LogP contribution in [0.2, 0.25) is 0 Å². The Morgan fingerprint density at radius 3 is 2.95 bits per heavy atom. The third-order valence-corrected chi connectivity index (χ3v) is 7.57. The van der Waals surface area contributed by atoms with Gasteiger partial charge in [-0.3, -0.25) is 14.7 Å². The number of amides is 2. The maximum Gasteiger partial charge on any atom is 0.408 e. The highest BCUT2D eigenvalue weighted by Crippen LogP contribution is 2.54. The zero-order valence-corrected chi connectivity index (χ0v) is 20.7. The summed E-state index contributed by atoms with van der Waals surface area (Å²) < 4.78 is 19.7. The van der Waals surface area contributed by atoms with E-state index in [1.807, 2.05) is 0 Å². The Morgan fingerprint density at radius 2 is 2.18 bits per heavy atom. The molecule has 2 amide bonds. The van der Waals surface area contributed by atoms with Gasteiger partial charge in [0.1, 0.15) is 0 Å². The third kappa shape index (κ3) is 4.10. The Labute approximate surface area is 218 Å². The fourth-order valence-corrected chi connectivity index (χ4v) is 5.45. The SMILES string of the molecule is COc1c(F)cccc1Nc1c(-c2ccncc2C#C[C@H]2CC3(CC3)CN2C(=O)O)[nH]c2c1C(=O)NCC2. The molecule has 194 valence electrons. The summed E-state index contributed by atoms with van der Waals surface area (Å²) in [6.45, 7) is 1.01. The number of methoxy groups -OCH3 is 1. The van der Waals surface area contributed by atoms with Crippen LogP contribution in [0.4, 0.5) is 20.6 Å². The number of aromatic nitrogens is 2. The Hall–Kier alpha value is -4.52. The third-order valence-electron chi connectivity index (χ3n) is 7.57. The van der Waals surface area contributed by atoms with E-state index in [2.05, 4.69) is 32.4 Å². The monoisotopic (exact) mass is 515 g/mol. The Kier molecular flexibility index (Phi) is 5.71. The van der Waals surface area contributed by atoms with Gasteiger partial charge in [0, 0.05) is 43.2 Å². The van der Waals surface area contributed by atoms with E-state index < -0.39 is 11.9 Å². The molecule has 0 bridgehead atoms. The van der Waals surface area contributed by atoms with E-state index >= 15 is 0 Å². The van der Waals surface area contributed by atoms with Crippen molar-refractivity contribution in [1.29, 1.82) is 0 Å². The fraction of sp³-hybridized carbons (Fsp3) is 0.321. The summed E-state index contributed by atoms with van der Waals surface area (Å²) in [6.07, 6.45) is 5.68. The van der Waals surface area contributed by atoms with E-state index in [0.717, 1.165) is 25.0 Å². The highest BCUT2D eigenvalue weighted by molar-refractivity contribution is 6.06. The molecule has 1 aliphatic carbocycles. The van der Waals surface area contributed by atoms with E-state index in [1.54, 1.807) is 30.6 Å². The average Bonchev–Trinajstić information content (AvgIpc) is 3.40. The number of para-hydroxylation sites is 1. The number of fused-ring (bicyclic) bond motifs is 1. The number of H-pyrrole nitrogens is 1. The van der Waals surface area contributed by atoms with Crippen molar-refractivity contribution >= 4 is 23.4 Å². The number of carbonyl (C=O) groups excluding carboxylic acids is 1. The summed E-state index contributed by atoms with van der Waals surface area (Å²) in [6, 6.07) is 5.94. The largest absolute Gasteiger partial charge is 0.492 e. The molecule has 3 aromatic rings. The molecular formula is C28H26FN5O4. The first-order valence-corrected chi connectivity index (χ1v) is 12.5. The lowest BCUT2D eigenvalue weighted by Gasteiger charge is -2.17. The zero-order chi connectivity index (χ0) is 26.4. The molecule has 3 aliphatic rings. The smallest absolute Gasteiger partial charge is 0.408 e. The number of carboxylic acid groups (broad SMARTS) is 1. The zero-order valence-electron chi connectivity index (χ0n) is 20.7. The molecule has 1 atom stereocenters. The molecular weight excluding hydrogens is 489 g/mol. The number of carbonyl (C=O) groups is 2. The predicted octanol–water partition coefficient (Wildman–Crippen LogP) is 4.14. The van der Waals surface area contributed by atoms with Crippen molar-refractivity contribution in [2.45, 2.75) is 31.7 Å². The number of ether oxygens (including phenoxy) is 1. The number of hydrogen-bond donors (Lipinski definition) is 4. The maximum atomic E-state index is 14.5. The number of pyridine rings is 1. The van der Waals surface area contributed by atoms with Crippen LogP contribution in [0.1, 0.15) is 40.9 Å². The van der Waals surface area contributed by atoms with E-state index in [1.165, 1.54) is 18.1 Å². The van der Waals surface area contributed by atoms with Gasteiger partial charge in [-0.1, -0.05) is 17.9 Å². The molecule has 4 heterocycles. The first-order valence-electron chi connectivity index (χ1n) is 12.5. The lowest BCUT2D eigenvalue weighted by Crippen LogP contribution is -2.33. The fourth-order valence-electron chi connectivity index (χ4n) is 5.45. The standard InChI is InChI=1S/C28H26FN5O4/c1-38-25-19(29)3-2-4-21(25)33-24-22-20(8-12-31-26(22)35)32-23(24)18-7-11-30-14-16(18)5-6-17-13-28(9-10-28)15-34(17)27(36)37/h2-4,7,11,14,17,32-33H,8-10,12-13,15H2,1H3,(H,31,35)(H,36,37)/t17-/m0/s1. The molecule has 6 rings (SSSR count). The molecule has 0 radical (unpaired) electrons. The van der Waals surface area contributed by atoms with Crippen LogP contribution in [-0.2, 0) is 6.42 Å². The van der Waals surface area contributed by atoms with E-state index in [0.29, 0.717) is 53.3 Å². The molecule has 2 aliphatic heterocycles. The first-order chi connectivity index (χ1) is 18.4. The van der Waals surface area contributed by atoms with E-state index in [-0.39, 0.29) is 23.1 Å². The predicted molar refractivity (Wildman–Crippen MR) is 138 cm³/mol. The summed E-state index contributed by atoms with van der Waals surface area (Å²) in [5.41, 5.74) is 3.98. The van der Waals surface area contributed by atoms with E-state index in [9.17, 15) is 19.1 Å². The molecule has 1 spiro atoms. The molecule has 2 fully saturated rings. The van der Waals surface area contributed by atoms with Gasteiger partial charge in [-0.2, -0.15) is 0 Å². The number of anilines is 2. The van der Waals surface area contributed by atoms with Gasteiger partial charge in [0.25, 0.3) is 5.91 Å². The summed E-state index contributed by atoms with van der Waals surface area (Å²) in [4.78, 5) is 33.8. The van der Waals surface area contributed by atoms with Gasteiger partial charge in [-0.15, -0.1) is 0 Å². The average molecular weight is 516 g/mol. The van der Waals surface area contributed by atoms with Crippen LogP contribution >= 0.6 is 0 Å². The van der Waals surface area contributed by atoms with Crippen LogP contribution in [0, 0.1) is 23.1 Å². The second-order valence-electron chi connectivity index (χ2n) is 10.0. The van der Waals surface area contributed by atoms with Gasteiger partial charge < -0.3 is 25.5 Å². The molecule has 4 N–H and O–H groups in total. The highest BCUT2D eigenvalue weighted by Gasteiger charge is 2.53. The molecule has 2 aromatic heterocycles. The molecule has 10 heteroatoms. The van der Waals surface area contributed by atoms with Gasteiger partial charge in [0.05, 0.1) is 41.3 Å². The summed E-state index contributed by atoms with van der Waals surface area (Å²) in [5, 5.41) is 15.8. The van der Waals surface area contributed by atoms with Crippen LogP contribution in [-0.4, -0.2) is 58.2 Å². The highest BCUT2D eigenvalue weighted by atomic mass is 19.1. The van der Waals surface area contributed by atoms with Crippen molar-refractivity contribution in [3.63, 3.8) is 0 Å². The Bertz CT molecular complexity index is 1520. The first kappa shape index (κ1) is 23.9. The molecule has 1 saturated carbocycles. The number of nitrogens with one attached hydrogen (secondary N) is 3. The van der Waals surface area contributed by atoms with Crippen LogP contribution < -0.4 is 15.4 Å². The maximum absolute atomic E-state index is 14.5. The van der Waals surface area contributed by atoms with Crippen LogP contribution in [0.3, 0.4) is 0 Å². The Morgan fingerprint density at radius 1 is 1.34 bits per heavy atom. The van der Waals surface area contributed by atoms with Crippen LogP contribution in [0.15, 0.2) is 36.7 Å². The van der Waals surface area contributed by atoms with Gasteiger partial charge >= 0.3 is 6.09 Å². The van der Waals surface area contributed by atoms with Crippen molar-refractivity contribution in [3.05, 3.63) is 59.3 Å². The number of halogens is 1. The second-order valence-corrected chi connectivity index (χ2v) is 10.0. The minimum Gasteiger partial charge on any atom is -0.492 e. The molecule has 38 heavy (non-hydrogen) atoms. The quantitative estimate of drug-likeness (QED) is 0.388. The normalized spacial score (nSPS) is 18.8. The van der Waals surface area contributed by atoms with E-state index in [4.69, 9.17) is 4.74 Å². The molecule has 0 unspecified atom stereocenters. The summed E-state index contributed by atoms with van der Waals surface area (Å²) >= 11 is 0. The number of hydrogen-bond acceptors (Lipinski definition) is 5. The number of benzene rings is 1. The number of aromatic amines is 1. The molecule has 9 nitrogen and oxygen atoms in total. The molecule has 1 saturated heterocycles. The van der Waals surface area contributed by atoms with Crippen molar-refractivity contribution in [3.8, 4) is 28.8 Å². The van der Waals surface area contributed by atoms with Gasteiger partial charge in [0.15, 0.2) is 11.6 Å². The second kappa shape index (κ2) is 9.10. The van der Waals surface area contributed by atoms with Crippen molar-refractivity contribution in [1.82, 2.24) is 20.2 Å². The topological polar surface area (TPSA) is 120 Å². The van der Waals surface area contributed by atoms with Crippen molar-refractivity contribution < 1.29 is 23.8 Å². The summed E-state index contributed by atoms with van der Waals surface area (Å²) in [7, 11) is 1.38. The summed E-state index contributed by atoms with van der Waals surface area (Å²) in [5.74, 6) is 5.60. The minimum absolute atomic E-state index is 0.0309. The number of nitrogens with zero attached hydrogens (tertiary/aromatic N) is 2. The van der Waals surface area contributed by atoms with Crippen molar-refractivity contribution in [2.24, 2.45) is 5.41 Å². The Balaban J connectivity index is 1.44. The number of likely N-dealkylation sites (tertiary alicyclic amines) is 1.